The first-order valence-corrected chi connectivity index (χ1v) is 14.5. The number of rotatable bonds is 9. The van der Waals surface area contributed by atoms with Crippen molar-refractivity contribution in [3.63, 3.8) is 0 Å². The number of hydrogen-bond donors (Lipinski definition) is 0. The first-order chi connectivity index (χ1) is 20.2. The number of carbonyl (C=O) groups excluding carboxylic acids is 1. The summed E-state index contributed by atoms with van der Waals surface area (Å²) < 4.78 is 32.5. The van der Waals surface area contributed by atoms with Crippen LogP contribution in [0.25, 0.3) is 6.08 Å². The van der Waals surface area contributed by atoms with Crippen molar-refractivity contribution in [2.75, 3.05) is 6.61 Å². The molecule has 42 heavy (non-hydrogen) atoms. The number of allylic oxidation sites excluding steroid dienone is 1. The van der Waals surface area contributed by atoms with E-state index in [9.17, 15) is 14.0 Å². The van der Waals surface area contributed by atoms with Crippen LogP contribution in [0.4, 0.5) is 4.39 Å². The number of para-hydroxylation sites is 1. The Bertz CT molecular complexity index is 1800. The Balaban J connectivity index is 1.58. The third-order valence-corrected chi connectivity index (χ3v) is 7.59. The van der Waals surface area contributed by atoms with Crippen LogP contribution in [0, 0.1) is 5.82 Å². The van der Waals surface area contributed by atoms with Gasteiger partial charge in [-0.15, -0.1) is 0 Å². The second-order valence-electron chi connectivity index (χ2n) is 9.99. The number of hydrogen-bond acceptors (Lipinski definition) is 7. The minimum absolute atomic E-state index is 0.241. The maximum Gasteiger partial charge on any atom is 0.338 e. The molecule has 5 rings (SSSR count). The van der Waals surface area contributed by atoms with Gasteiger partial charge in [0.15, 0.2) is 4.80 Å². The topological polar surface area (TPSA) is 79.1 Å². The summed E-state index contributed by atoms with van der Waals surface area (Å²) >= 11 is 1.24. The van der Waals surface area contributed by atoms with E-state index in [1.807, 2.05) is 55.5 Å². The number of esters is 1. The number of halogens is 1. The SMILES string of the molecule is CCOc1ccc([C@H]2C(C(=O)OC(C)C)=C(C)N=c3s/c(=C/c4ccccc4OCc4ccc(F)cc4)c(=O)n32)cc1. The van der Waals surface area contributed by atoms with Gasteiger partial charge in [-0.25, -0.2) is 14.2 Å². The van der Waals surface area contributed by atoms with E-state index in [0.29, 0.717) is 44.3 Å². The summed E-state index contributed by atoms with van der Waals surface area (Å²) in [7, 11) is 0. The van der Waals surface area contributed by atoms with Crippen LogP contribution < -0.4 is 24.4 Å². The molecule has 1 atom stereocenters. The third kappa shape index (κ3) is 6.21. The van der Waals surface area contributed by atoms with Gasteiger partial charge in [-0.05, 0) is 75.2 Å². The van der Waals surface area contributed by atoms with Crippen molar-refractivity contribution in [3.05, 3.63) is 126 Å². The largest absolute Gasteiger partial charge is 0.494 e. The molecule has 1 aliphatic rings. The lowest BCUT2D eigenvalue weighted by Crippen LogP contribution is -2.40. The fourth-order valence-corrected chi connectivity index (χ4v) is 5.74. The molecule has 0 radical (unpaired) electrons. The highest BCUT2D eigenvalue weighted by atomic mass is 32.1. The van der Waals surface area contributed by atoms with Crippen molar-refractivity contribution in [3.8, 4) is 11.5 Å². The third-order valence-electron chi connectivity index (χ3n) is 6.60. The van der Waals surface area contributed by atoms with Gasteiger partial charge >= 0.3 is 5.97 Å². The van der Waals surface area contributed by atoms with Crippen molar-refractivity contribution < 1.29 is 23.4 Å². The second-order valence-corrected chi connectivity index (χ2v) is 11.0. The van der Waals surface area contributed by atoms with Crippen LogP contribution in [0.3, 0.4) is 0 Å². The number of nitrogens with zero attached hydrogens (tertiary/aromatic N) is 2. The van der Waals surface area contributed by atoms with Gasteiger partial charge in [-0.3, -0.25) is 9.36 Å². The van der Waals surface area contributed by atoms with E-state index in [4.69, 9.17) is 14.2 Å². The molecule has 0 saturated heterocycles. The van der Waals surface area contributed by atoms with Gasteiger partial charge in [-0.2, -0.15) is 0 Å². The van der Waals surface area contributed by atoms with Gasteiger partial charge in [0.1, 0.15) is 23.9 Å². The molecule has 0 fully saturated rings. The van der Waals surface area contributed by atoms with Crippen LogP contribution in [-0.2, 0) is 16.1 Å². The van der Waals surface area contributed by atoms with Gasteiger partial charge < -0.3 is 14.2 Å². The Labute approximate surface area is 246 Å². The van der Waals surface area contributed by atoms with Crippen molar-refractivity contribution in [2.45, 2.75) is 46.4 Å². The Morgan fingerprint density at radius 1 is 1.05 bits per heavy atom. The molecule has 7 nitrogen and oxygen atoms in total. The highest BCUT2D eigenvalue weighted by molar-refractivity contribution is 7.07. The highest BCUT2D eigenvalue weighted by Crippen LogP contribution is 2.32. The first kappa shape index (κ1) is 29.0. The van der Waals surface area contributed by atoms with E-state index in [-0.39, 0.29) is 24.1 Å². The lowest BCUT2D eigenvalue weighted by molar-refractivity contribution is -0.143. The van der Waals surface area contributed by atoms with Gasteiger partial charge in [-0.1, -0.05) is 53.8 Å². The summed E-state index contributed by atoms with van der Waals surface area (Å²) in [5.41, 5.74) is 2.78. The van der Waals surface area contributed by atoms with E-state index in [0.717, 1.165) is 11.1 Å². The zero-order valence-electron chi connectivity index (χ0n) is 23.8. The summed E-state index contributed by atoms with van der Waals surface area (Å²) in [6.45, 7) is 7.99. The molecule has 216 valence electrons. The number of thiazole rings is 1. The molecule has 0 bridgehead atoms. The van der Waals surface area contributed by atoms with E-state index >= 15 is 0 Å². The molecule has 0 amide bonds. The molecule has 0 saturated carbocycles. The van der Waals surface area contributed by atoms with Crippen molar-refractivity contribution >= 4 is 23.4 Å². The second kappa shape index (κ2) is 12.6. The molecule has 1 aliphatic heterocycles. The predicted molar refractivity (Wildman–Crippen MR) is 160 cm³/mol. The van der Waals surface area contributed by atoms with E-state index in [1.165, 1.54) is 23.5 Å². The molecule has 0 aliphatic carbocycles. The van der Waals surface area contributed by atoms with E-state index in [1.54, 1.807) is 43.5 Å². The van der Waals surface area contributed by atoms with Gasteiger partial charge in [0.25, 0.3) is 5.56 Å². The standard InChI is InChI=1S/C33H31FN2O5S/c1-5-39-26-16-12-23(13-17-26)30-29(32(38)41-20(2)3)21(4)35-33-36(30)31(37)28(42-33)18-24-8-6-7-9-27(24)40-19-22-10-14-25(34)15-11-22/h6-18,20,30H,5,19H2,1-4H3/b28-18+/t30-/m0/s1. The zero-order valence-corrected chi connectivity index (χ0v) is 24.6. The molecule has 1 aromatic heterocycles. The Kier molecular flexibility index (Phi) is 8.68. The van der Waals surface area contributed by atoms with Gasteiger partial charge in [0, 0.05) is 5.56 Å². The minimum Gasteiger partial charge on any atom is -0.494 e. The number of ether oxygens (including phenoxy) is 3. The minimum atomic E-state index is -0.727. The molecule has 0 spiro atoms. The molecule has 2 heterocycles. The summed E-state index contributed by atoms with van der Waals surface area (Å²) in [5, 5.41) is 0. The normalized spacial score (nSPS) is 14.9. The summed E-state index contributed by atoms with van der Waals surface area (Å²) in [5.74, 6) is 0.443. The Morgan fingerprint density at radius 3 is 2.45 bits per heavy atom. The predicted octanol–water partition coefficient (Wildman–Crippen LogP) is 5.30. The van der Waals surface area contributed by atoms with Crippen LogP contribution in [0.1, 0.15) is 50.4 Å². The zero-order chi connectivity index (χ0) is 29.8. The number of fused-ring (bicyclic) bond motifs is 1. The summed E-state index contributed by atoms with van der Waals surface area (Å²) in [6.07, 6.45) is 1.43. The van der Waals surface area contributed by atoms with E-state index < -0.39 is 12.0 Å². The molecule has 0 unspecified atom stereocenters. The van der Waals surface area contributed by atoms with Crippen LogP contribution in [0.15, 0.2) is 93.9 Å². The van der Waals surface area contributed by atoms with Crippen molar-refractivity contribution in [2.24, 2.45) is 4.99 Å². The average Bonchev–Trinajstić information content (AvgIpc) is 3.27. The monoisotopic (exact) mass is 586 g/mol. The molecular formula is C33H31FN2O5S. The fourth-order valence-electron chi connectivity index (χ4n) is 4.70. The van der Waals surface area contributed by atoms with Crippen molar-refractivity contribution in [1.29, 1.82) is 0 Å². The number of carbonyl (C=O) groups is 1. The molecule has 0 N–H and O–H groups in total. The van der Waals surface area contributed by atoms with Crippen LogP contribution in [0.5, 0.6) is 11.5 Å². The number of benzene rings is 3. The summed E-state index contributed by atoms with van der Waals surface area (Å²) in [6, 6.07) is 20.1. The average molecular weight is 587 g/mol. The Hall–Kier alpha value is -4.50. The van der Waals surface area contributed by atoms with Crippen LogP contribution in [-0.4, -0.2) is 23.2 Å². The number of aromatic nitrogens is 1. The molecule has 4 aromatic rings. The molecular weight excluding hydrogens is 555 g/mol. The molecule has 3 aromatic carbocycles. The van der Waals surface area contributed by atoms with Crippen LogP contribution in [0.2, 0.25) is 0 Å². The quantitative estimate of drug-likeness (QED) is 0.249. The van der Waals surface area contributed by atoms with E-state index in [2.05, 4.69) is 4.99 Å². The van der Waals surface area contributed by atoms with Crippen molar-refractivity contribution in [1.82, 2.24) is 4.57 Å². The van der Waals surface area contributed by atoms with Gasteiger partial charge in [0.2, 0.25) is 0 Å². The lowest BCUT2D eigenvalue weighted by Gasteiger charge is -2.25. The lowest BCUT2D eigenvalue weighted by atomic mass is 9.96. The van der Waals surface area contributed by atoms with Gasteiger partial charge in [0.05, 0.1) is 34.6 Å². The highest BCUT2D eigenvalue weighted by Gasteiger charge is 2.33. The fraction of sp³-hybridized carbons (Fsp3) is 0.242. The molecule has 9 heteroatoms. The Morgan fingerprint density at radius 2 is 1.76 bits per heavy atom. The maximum atomic E-state index is 14.0. The smallest absolute Gasteiger partial charge is 0.338 e. The van der Waals surface area contributed by atoms with Crippen LogP contribution >= 0.6 is 11.3 Å². The first-order valence-electron chi connectivity index (χ1n) is 13.7. The summed E-state index contributed by atoms with van der Waals surface area (Å²) in [4.78, 5) is 32.5. The maximum absolute atomic E-state index is 14.0.